The van der Waals surface area contributed by atoms with E-state index in [0.29, 0.717) is 0 Å². The maximum atomic E-state index is 11.2. The first-order valence-corrected chi connectivity index (χ1v) is 8.60. The van der Waals surface area contributed by atoms with E-state index in [9.17, 15) is 9.90 Å². The maximum absolute atomic E-state index is 11.2. The highest BCUT2D eigenvalue weighted by molar-refractivity contribution is 7.10. The van der Waals surface area contributed by atoms with E-state index in [2.05, 4.69) is 47.5 Å². The van der Waals surface area contributed by atoms with Crippen LogP contribution in [-0.4, -0.2) is 29.1 Å². The molecule has 0 saturated carbocycles. The number of carboxylic acid groups (broad SMARTS) is 1. The Hall–Kier alpha value is -1.65. The van der Waals surface area contributed by atoms with Gasteiger partial charge in [-0.05, 0) is 55.4 Å². The topological polar surface area (TPSA) is 40.5 Å². The predicted octanol–water partition coefficient (Wildman–Crippen LogP) is 3.94. The molecule has 1 fully saturated rings. The molecule has 1 atom stereocenters. The summed E-state index contributed by atoms with van der Waals surface area (Å²) in [5.74, 6) is -0.833. The Morgan fingerprint density at radius 2 is 1.91 bits per heavy atom. The van der Waals surface area contributed by atoms with Crippen LogP contribution in [-0.2, 0) is 4.79 Å². The third-order valence-electron chi connectivity index (χ3n) is 4.51. The number of carboxylic acids is 1. The second-order valence-electron chi connectivity index (χ2n) is 5.93. The fourth-order valence-electron chi connectivity index (χ4n) is 3.23. The van der Waals surface area contributed by atoms with Gasteiger partial charge in [0.25, 0.3) is 0 Å². The molecule has 1 aliphatic rings. The first-order valence-electron chi connectivity index (χ1n) is 7.72. The van der Waals surface area contributed by atoms with Crippen LogP contribution in [0.15, 0.2) is 41.8 Å². The zero-order valence-electron chi connectivity index (χ0n) is 12.7. The molecule has 1 aromatic carbocycles. The van der Waals surface area contributed by atoms with Crippen molar-refractivity contribution >= 4 is 17.3 Å². The Labute approximate surface area is 135 Å². The standard InChI is InChI=1S/C18H21NO2S/c1-13-9-12-22-17(13)16(14-5-3-2-4-6-14)19-10-7-15(8-11-19)18(20)21/h2-6,9,12,15-16H,7-8,10-11H2,1H3,(H,20,21). The highest BCUT2D eigenvalue weighted by Gasteiger charge is 2.31. The van der Waals surface area contributed by atoms with Gasteiger partial charge >= 0.3 is 5.97 Å². The van der Waals surface area contributed by atoms with Crippen LogP contribution in [0, 0.1) is 12.8 Å². The molecule has 0 radical (unpaired) electrons. The molecule has 1 saturated heterocycles. The van der Waals surface area contributed by atoms with Crippen molar-refractivity contribution in [3.63, 3.8) is 0 Å². The van der Waals surface area contributed by atoms with Crippen LogP contribution in [0.25, 0.3) is 0 Å². The third-order valence-corrected chi connectivity index (χ3v) is 5.58. The zero-order chi connectivity index (χ0) is 15.5. The van der Waals surface area contributed by atoms with E-state index in [1.54, 1.807) is 11.3 Å². The van der Waals surface area contributed by atoms with Gasteiger partial charge in [0.15, 0.2) is 0 Å². The van der Waals surface area contributed by atoms with E-state index in [0.717, 1.165) is 25.9 Å². The molecule has 1 aromatic heterocycles. The van der Waals surface area contributed by atoms with Crippen molar-refractivity contribution in [1.29, 1.82) is 0 Å². The number of rotatable bonds is 4. The average Bonchev–Trinajstić information content (AvgIpc) is 2.95. The molecule has 2 aromatic rings. The molecule has 0 bridgehead atoms. The summed E-state index contributed by atoms with van der Waals surface area (Å²) in [5.41, 5.74) is 2.61. The highest BCUT2D eigenvalue weighted by Crippen LogP contribution is 2.36. The van der Waals surface area contributed by atoms with Gasteiger partial charge in [-0.1, -0.05) is 30.3 Å². The van der Waals surface area contributed by atoms with E-state index < -0.39 is 5.97 Å². The molecule has 0 amide bonds. The Morgan fingerprint density at radius 1 is 1.23 bits per heavy atom. The Kier molecular flexibility index (Phi) is 4.60. The van der Waals surface area contributed by atoms with Gasteiger partial charge in [-0.2, -0.15) is 0 Å². The van der Waals surface area contributed by atoms with Gasteiger partial charge in [0.05, 0.1) is 12.0 Å². The molecular weight excluding hydrogens is 294 g/mol. The van der Waals surface area contributed by atoms with Crippen LogP contribution in [0.1, 0.15) is 34.9 Å². The number of nitrogens with zero attached hydrogens (tertiary/aromatic N) is 1. The number of aryl methyl sites for hydroxylation is 1. The molecule has 2 heterocycles. The number of carbonyl (C=O) groups is 1. The van der Waals surface area contributed by atoms with Crippen molar-refractivity contribution in [2.75, 3.05) is 13.1 Å². The van der Waals surface area contributed by atoms with E-state index in [-0.39, 0.29) is 12.0 Å². The van der Waals surface area contributed by atoms with E-state index in [1.807, 2.05) is 6.07 Å². The molecular formula is C18H21NO2S. The summed E-state index contributed by atoms with van der Waals surface area (Å²) in [4.78, 5) is 15.0. The number of piperidine rings is 1. The summed E-state index contributed by atoms with van der Waals surface area (Å²) in [7, 11) is 0. The van der Waals surface area contributed by atoms with Gasteiger partial charge < -0.3 is 5.11 Å². The number of benzene rings is 1. The minimum Gasteiger partial charge on any atom is -0.481 e. The number of likely N-dealkylation sites (tertiary alicyclic amines) is 1. The largest absolute Gasteiger partial charge is 0.481 e. The first kappa shape index (κ1) is 15.3. The molecule has 0 aliphatic carbocycles. The second-order valence-corrected chi connectivity index (χ2v) is 6.88. The molecule has 3 nitrogen and oxygen atoms in total. The maximum Gasteiger partial charge on any atom is 0.306 e. The average molecular weight is 315 g/mol. The van der Waals surface area contributed by atoms with E-state index in [4.69, 9.17) is 0 Å². The molecule has 1 unspecified atom stereocenters. The van der Waals surface area contributed by atoms with Gasteiger partial charge in [0, 0.05) is 4.88 Å². The summed E-state index contributed by atoms with van der Waals surface area (Å²) in [6, 6.07) is 13.0. The molecule has 0 spiro atoms. The minimum atomic E-state index is -0.650. The number of hydrogen-bond acceptors (Lipinski definition) is 3. The fourth-order valence-corrected chi connectivity index (χ4v) is 4.32. The van der Waals surface area contributed by atoms with Crippen LogP contribution in [0.5, 0.6) is 0 Å². The van der Waals surface area contributed by atoms with Gasteiger partial charge in [0.2, 0.25) is 0 Å². The van der Waals surface area contributed by atoms with E-state index in [1.165, 1.54) is 16.0 Å². The van der Waals surface area contributed by atoms with Crippen molar-refractivity contribution in [1.82, 2.24) is 4.90 Å². The lowest BCUT2D eigenvalue weighted by atomic mass is 9.93. The predicted molar refractivity (Wildman–Crippen MR) is 89.3 cm³/mol. The molecule has 1 aliphatic heterocycles. The monoisotopic (exact) mass is 315 g/mol. The number of hydrogen-bond donors (Lipinski definition) is 1. The Bertz CT molecular complexity index is 630. The van der Waals surface area contributed by atoms with Gasteiger partial charge in [-0.25, -0.2) is 0 Å². The van der Waals surface area contributed by atoms with Crippen molar-refractivity contribution < 1.29 is 9.90 Å². The summed E-state index contributed by atoms with van der Waals surface area (Å²) >= 11 is 1.80. The summed E-state index contributed by atoms with van der Waals surface area (Å²) < 4.78 is 0. The highest BCUT2D eigenvalue weighted by atomic mass is 32.1. The Morgan fingerprint density at radius 3 is 2.45 bits per heavy atom. The fraction of sp³-hybridized carbons (Fsp3) is 0.389. The van der Waals surface area contributed by atoms with Crippen molar-refractivity contribution in [2.24, 2.45) is 5.92 Å². The Balaban J connectivity index is 1.87. The van der Waals surface area contributed by atoms with Crippen LogP contribution in [0.3, 0.4) is 0 Å². The van der Waals surface area contributed by atoms with Crippen LogP contribution in [0.4, 0.5) is 0 Å². The van der Waals surface area contributed by atoms with Gasteiger partial charge in [0.1, 0.15) is 0 Å². The second kappa shape index (κ2) is 6.63. The molecule has 4 heteroatoms. The molecule has 116 valence electrons. The lowest BCUT2D eigenvalue weighted by Crippen LogP contribution is -2.39. The van der Waals surface area contributed by atoms with Gasteiger partial charge in [-0.15, -0.1) is 11.3 Å². The molecule has 3 rings (SSSR count). The zero-order valence-corrected chi connectivity index (χ0v) is 13.6. The van der Waals surface area contributed by atoms with Gasteiger partial charge in [-0.3, -0.25) is 9.69 Å². The molecule has 1 N–H and O–H groups in total. The lowest BCUT2D eigenvalue weighted by Gasteiger charge is -2.36. The molecule has 22 heavy (non-hydrogen) atoms. The van der Waals surface area contributed by atoms with Crippen LogP contribution >= 0.6 is 11.3 Å². The van der Waals surface area contributed by atoms with Crippen molar-refractivity contribution in [2.45, 2.75) is 25.8 Å². The van der Waals surface area contributed by atoms with Crippen LogP contribution < -0.4 is 0 Å². The SMILES string of the molecule is Cc1ccsc1C(c1ccccc1)N1CCC(C(=O)O)CC1. The quantitative estimate of drug-likeness (QED) is 0.929. The lowest BCUT2D eigenvalue weighted by molar-refractivity contribution is -0.143. The normalized spacial score (nSPS) is 18.2. The van der Waals surface area contributed by atoms with Crippen molar-refractivity contribution in [3.05, 3.63) is 57.8 Å². The summed E-state index contributed by atoms with van der Waals surface area (Å²) in [6.45, 7) is 3.84. The summed E-state index contributed by atoms with van der Waals surface area (Å²) in [5, 5.41) is 11.3. The first-order chi connectivity index (χ1) is 10.7. The smallest absolute Gasteiger partial charge is 0.306 e. The summed E-state index contributed by atoms with van der Waals surface area (Å²) in [6.07, 6.45) is 1.48. The number of thiophene rings is 1. The minimum absolute atomic E-state index is 0.183. The third kappa shape index (κ3) is 3.08. The number of aliphatic carboxylic acids is 1. The van der Waals surface area contributed by atoms with Crippen molar-refractivity contribution in [3.8, 4) is 0 Å². The van der Waals surface area contributed by atoms with E-state index >= 15 is 0 Å². The van der Waals surface area contributed by atoms with Crippen LogP contribution in [0.2, 0.25) is 0 Å².